The van der Waals surface area contributed by atoms with E-state index in [2.05, 4.69) is 9.88 Å². The number of hydrogen-bond donors (Lipinski definition) is 0. The number of nitrogens with zero attached hydrogens (tertiary/aromatic N) is 2. The summed E-state index contributed by atoms with van der Waals surface area (Å²) in [6.45, 7) is 5.18. The Bertz CT molecular complexity index is 458. The van der Waals surface area contributed by atoms with E-state index in [-0.39, 0.29) is 11.7 Å². The zero-order valence-corrected chi connectivity index (χ0v) is 12.7. The van der Waals surface area contributed by atoms with Crippen LogP contribution in [0.3, 0.4) is 0 Å². The first kappa shape index (κ1) is 16.0. The lowest BCUT2D eigenvalue weighted by molar-refractivity contribution is 0.0402. The van der Waals surface area contributed by atoms with Crippen LogP contribution < -0.4 is 0 Å². The summed E-state index contributed by atoms with van der Waals surface area (Å²) in [7, 11) is 2.02. The van der Waals surface area contributed by atoms with Gasteiger partial charge in [-0.15, -0.1) is 0 Å². The number of hydrogen-bond acceptors (Lipinski definition) is 4. The smallest absolute Gasteiger partial charge is 0.185 e. The molecule has 2 unspecified atom stereocenters. The van der Waals surface area contributed by atoms with Gasteiger partial charge in [-0.3, -0.25) is 9.78 Å². The van der Waals surface area contributed by atoms with Crippen molar-refractivity contribution >= 4 is 5.78 Å². The van der Waals surface area contributed by atoms with Gasteiger partial charge in [-0.25, -0.2) is 4.39 Å². The van der Waals surface area contributed by atoms with Crippen molar-refractivity contribution in [1.29, 1.82) is 0 Å². The minimum Gasteiger partial charge on any atom is -0.381 e. The topological polar surface area (TPSA) is 42.4 Å². The zero-order valence-electron chi connectivity index (χ0n) is 12.7. The summed E-state index contributed by atoms with van der Waals surface area (Å²) in [5.74, 6) is -0.0668. The summed E-state index contributed by atoms with van der Waals surface area (Å²) in [6, 6.07) is 2.72. The largest absolute Gasteiger partial charge is 0.381 e. The van der Waals surface area contributed by atoms with Crippen LogP contribution in [-0.2, 0) is 4.74 Å². The molecule has 0 bridgehead atoms. The van der Waals surface area contributed by atoms with E-state index >= 15 is 0 Å². The summed E-state index contributed by atoms with van der Waals surface area (Å²) in [6.07, 6.45) is 3.39. The maximum absolute atomic E-state index is 12.8. The van der Waals surface area contributed by atoms with E-state index in [1.807, 2.05) is 14.0 Å². The Kier molecular flexibility index (Phi) is 5.82. The molecule has 1 aromatic heterocycles. The molecular formula is C16H23FN2O2. The summed E-state index contributed by atoms with van der Waals surface area (Å²) in [5, 5.41) is 0. The van der Waals surface area contributed by atoms with Crippen molar-refractivity contribution in [3.8, 4) is 0 Å². The second kappa shape index (κ2) is 7.61. The third kappa shape index (κ3) is 4.86. The van der Waals surface area contributed by atoms with Crippen LogP contribution in [0.25, 0.3) is 0 Å². The molecule has 0 aliphatic carbocycles. The lowest BCUT2D eigenvalue weighted by Gasteiger charge is -2.28. The number of aromatic nitrogens is 1. The molecule has 0 saturated carbocycles. The zero-order chi connectivity index (χ0) is 15.2. The van der Waals surface area contributed by atoms with Crippen LogP contribution in [0.4, 0.5) is 4.39 Å². The Hall–Kier alpha value is -1.33. The Morgan fingerprint density at radius 2 is 2.38 bits per heavy atom. The van der Waals surface area contributed by atoms with Gasteiger partial charge in [0.25, 0.3) is 0 Å². The van der Waals surface area contributed by atoms with E-state index in [0.717, 1.165) is 32.4 Å². The Morgan fingerprint density at radius 3 is 3.00 bits per heavy atom. The van der Waals surface area contributed by atoms with Crippen LogP contribution >= 0.6 is 0 Å². The molecule has 4 nitrogen and oxygen atoms in total. The molecule has 1 fully saturated rings. The highest BCUT2D eigenvalue weighted by Crippen LogP contribution is 2.16. The van der Waals surface area contributed by atoms with Gasteiger partial charge in [0, 0.05) is 25.6 Å². The third-order valence-corrected chi connectivity index (χ3v) is 3.84. The molecule has 2 atom stereocenters. The molecule has 0 N–H and O–H groups in total. The molecule has 0 amide bonds. The van der Waals surface area contributed by atoms with Crippen molar-refractivity contribution in [3.05, 3.63) is 29.8 Å². The average Bonchev–Trinajstić information content (AvgIpc) is 2.48. The van der Waals surface area contributed by atoms with Crippen molar-refractivity contribution in [2.45, 2.75) is 19.8 Å². The number of carbonyl (C=O) groups excluding carboxylic acids is 1. The maximum Gasteiger partial charge on any atom is 0.185 e. The number of carbonyl (C=O) groups is 1. The second-order valence-corrected chi connectivity index (χ2v) is 5.93. The summed E-state index contributed by atoms with van der Waals surface area (Å²) in [4.78, 5) is 18.3. The molecule has 1 aliphatic heterocycles. The second-order valence-electron chi connectivity index (χ2n) is 5.93. The van der Waals surface area contributed by atoms with E-state index < -0.39 is 5.82 Å². The van der Waals surface area contributed by atoms with Gasteiger partial charge in [0.1, 0.15) is 11.5 Å². The Morgan fingerprint density at radius 1 is 1.57 bits per heavy atom. The average molecular weight is 294 g/mol. The fourth-order valence-electron chi connectivity index (χ4n) is 2.79. The van der Waals surface area contributed by atoms with Gasteiger partial charge in [0.15, 0.2) is 5.78 Å². The van der Waals surface area contributed by atoms with Crippen LogP contribution in [0.2, 0.25) is 0 Å². The molecule has 0 radical (unpaired) electrons. The van der Waals surface area contributed by atoms with Crippen molar-refractivity contribution in [3.63, 3.8) is 0 Å². The number of pyridine rings is 1. The predicted octanol–water partition coefficient (Wildman–Crippen LogP) is 2.40. The van der Waals surface area contributed by atoms with Crippen LogP contribution in [0.5, 0.6) is 0 Å². The minimum absolute atomic E-state index is 0.0401. The first-order valence-electron chi connectivity index (χ1n) is 7.48. The quantitative estimate of drug-likeness (QED) is 0.756. The molecule has 116 valence electrons. The fraction of sp³-hybridized carbons (Fsp3) is 0.625. The summed E-state index contributed by atoms with van der Waals surface area (Å²) >= 11 is 0. The highest BCUT2D eigenvalue weighted by molar-refractivity contribution is 5.95. The van der Waals surface area contributed by atoms with Crippen LogP contribution in [0.1, 0.15) is 30.3 Å². The van der Waals surface area contributed by atoms with Gasteiger partial charge in [0.2, 0.25) is 0 Å². The van der Waals surface area contributed by atoms with Gasteiger partial charge in [-0.1, -0.05) is 6.92 Å². The van der Waals surface area contributed by atoms with E-state index in [4.69, 9.17) is 4.74 Å². The minimum atomic E-state index is -0.423. The van der Waals surface area contributed by atoms with Crippen LogP contribution in [-0.4, -0.2) is 49.0 Å². The van der Waals surface area contributed by atoms with Crippen molar-refractivity contribution in [2.24, 2.45) is 11.8 Å². The Labute approximate surface area is 125 Å². The Balaban J connectivity index is 1.83. The van der Waals surface area contributed by atoms with Gasteiger partial charge in [-0.05, 0) is 37.9 Å². The van der Waals surface area contributed by atoms with E-state index in [1.54, 1.807) is 0 Å². The van der Waals surface area contributed by atoms with E-state index in [9.17, 15) is 9.18 Å². The lowest BCUT2D eigenvalue weighted by Crippen LogP contribution is -2.35. The van der Waals surface area contributed by atoms with Crippen molar-refractivity contribution < 1.29 is 13.9 Å². The number of Topliss-reactive ketones (excluding diaryl/α,β-unsaturated/α-hetero) is 1. The van der Waals surface area contributed by atoms with Crippen molar-refractivity contribution in [2.75, 3.05) is 33.4 Å². The monoisotopic (exact) mass is 294 g/mol. The van der Waals surface area contributed by atoms with Gasteiger partial charge < -0.3 is 9.64 Å². The van der Waals surface area contributed by atoms with Gasteiger partial charge >= 0.3 is 0 Å². The highest BCUT2D eigenvalue weighted by atomic mass is 19.1. The third-order valence-electron chi connectivity index (χ3n) is 3.84. The first-order valence-corrected chi connectivity index (χ1v) is 7.48. The number of halogens is 1. The van der Waals surface area contributed by atoms with Gasteiger partial charge in [0.05, 0.1) is 12.8 Å². The molecule has 5 heteroatoms. The van der Waals surface area contributed by atoms with Crippen LogP contribution in [0.15, 0.2) is 18.3 Å². The molecule has 1 aliphatic rings. The predicted molar refractivity (Wildman–Crippen MR) is 78.7 cm³/mol. The highest BCUT2D eigenvalue weighted by Gasteiger charge is 2.21. The molecule has 1 aromatic rings. The fourth-order valence-corrected chi connectivity index (χ4v) is 2.79. The van der Waals surface area contributed by atoms with E-state index in [1.165, 1.54) is 18.6 Å². The molecule has 2 rings (SSSR count). The first-order chi connectivity index (χ1) is 10.1. The summed E-state index contributed by atoms with van der Waals surface area (Å²) < 4.78 is 18.3. The van der Waals surface area contributed by atoms with Gasteiger partial charge in [-0.2, -0.15) is 0 Å². The maximum atomic E-state index is 12.8. The SMILES string of the molecule is CC(CN(C)CC1CCCOC1)C(=O)c1ccc(F)cn1. The molecule has 21 heavy (non-hydrogen) atoms. The van der Waals surface area contributed by atoms with E-state index in [0.29, 0.717) is 18.2 Å². The molecule has 1 saturated heterocycles. The molecule has 2 heterocycles. The molecule has 0 aromatic carbocycles. The molecular weight excluding hydrogens is 271 g/mol. The number of rotatable bonds is 6. The number of ether oxygens (including phenoxy) is 1. The lowest BCUT2D eigenvalue weighted by atomic mass is 9.99. The summed E-state index contributed by atoms with van der Waals surface area (Å²) in [5.41, 5.74) is 0.332. The van der Waals surface area contributed by atoms with Crippen LogP contribution in [0, 0.1) is 17.7 Å². The molecule has 0 spiro atoms. The number of ketones is 1. The van der Waals surface area contributed by atoms with Crippen molar-refractivity contribution in [1.82, 2.24) is 9.88 Å². The standard InChI is InChI=1S/C16H23FN2O2/c1-12(16(20)15-6-5-14(17)8-18-15)9-19(2)10-13-4-3-7-21-11-13/h5-6,8,12-13H,3-4,7,9-11H2,1-2H3. The normalized spacial score (nSPS) is 20.5.